The van der Waals surface area contributed by atoms with Crippen molar-refractivity contribution < 1.29 is 23.8 Å². The molecule has 0 spiro atoms. The predicted octanol–water partition coefficient (Wildman–Crippen LogP) is 4.94. The SMILES string of the molecule is CC(OC(=O)/C=C/c1cn(-c2ccccc2)nc1-c1ccc2c(c1)OCCO2)C(=O)Nc1ccc(Cl)cn1. The van der Waals surface area contributed by atoms with Crippen LogP contribution in [-0.2, 0) is 14.3 Å². The summed E-state index contributed by atoms with van der Waals surface area (Å²) in [6, 6.07) is 18.3. The first-order chi connectivity index (χ1) is 18.5. The quantitative estimate of drug-likeness (QED) is 0.266. The highest BCUT2D eigenvalue weighted by molar-refractivity contribution is 6.30. The molecule has 9 nitrogen and oxygen atoms in total. The van der Waals surface area contributed by atoms with Gasteiger partial charge in [0.2, 0.25) is 0 Å². The molecular weight excluding hydrogens is 508 g/mol. The normalized spacial score (nSPS) is 13.2. The number of benzene rings is 2. The van der Waals surface area contributed by atoms with Gasteiger partial charge in [-0.25, -0.2) is 14.5 Å². The summed E-state index contributed by atoms with van der Waals surface area (Å²) in [7, 11) is 0. The van der Waals surface area contributed by atoms with E-state index in [1.807, 2.05) is 54.7 Å². The van der Waals surface area contributed by atoms with Crippen molar-refractivity contribution in [1.82, 2.24) is 14.8 Å². The van der Waals surface area contributed by atoms with Crippen LogP contribution in [0.2, 0.25) is 5.02 Å². The predicted molar refractivity (Wildman–Crippen MR) is 142 cm³/mol. The summed E-state index contributed by atoms with van der Waals surface area (Å²) >= 11 is 5.81. The van der Waals surface area contributed by atoms with Crippen LogP contribution in [0, 0.1) is 0 Å². The van der Waals surface area contributed by atoms with Crippen LogP contribution in [0.3, 0.4) is 0 Å². The fourth-order valence-electron chi connectivity index (χ4n) is 3.74. The molecule has 4 aromatic rings. The van der Waals surface area contributed by atoms with Crippen molar-refractivity contribution in [3.05, 3.63) is 89.7 Å². The van der Waals surface area contributed by atoms with Crippen molar-refractivity contribution >= 4 is 35.4 Å². The van der Waals surface area contributed by atoms with Gasteiger partial charge >= 0.3 is 5.97 Å². The number of carbonyl (C=O) groups excluding carboxylic acids is 2. The molecule has 38 heavy (non-hydrogen) atoms. The smallest absolute Gasteiger partial charge is 0.331 e. The Morgan fingerprint density at radius 3 is 2.63 bits per heavy atom. The zero-order valence-electron chi connectivity index (χ0n) is 20.3. The highest BCUT2D eigenvalue weighted by Crippen LogP contribution is 2.35. The number of nitrogens with zero attached hydrogens (tertiary/aromatic N) is 3. The van der Waals surface area contributed by atoms with Crippen LogP contribution in [-0.4, -0.2) is 46.0 Å². The minimum atomic E-state index is -1.05. The maximum atomic E-state index is 12.6. The molecule has 1 N–H and O–H groups in total. The van der Waals surface area contributed by atoms with Gasteiger partial charge in [-0.2, -0.15) is 5.10 Å². The summed E-state index contributed by atoms with van der Waals surface area (Å²) in [4.78, 5) is 29.0. The fraction of sp³-hybridized carbons (Fsp3) is 0.143. The highest BCUT2D eigenvalue weighted by atomic mass is 35.5. The first-order valence-electron chi connectivity index (χ1n) is 11.8. The largest absolute Gasteiger partial charge is 0.486 e. The first kappa shape index (κ1) is 25.0. The van der Waals surface area contributed by atoms with E-state index in [9.17, 15) is 9.59 Å². The lowest BCUT2D eigenvalue weighted by molar-refractivity contribution is -0.148. The summed E-state index contributed by atoms with van der Waals surface area (Å²) < 4.78 is 18.4. The van der Waals surface area contributed by atoms with Crippen molar-refractivity contribution in [2.45, 2.75) is 13.0 Å². The van der Waals surface area contributed by atoms with Crippen molar-refractivity contribution in [3.63, 3.8) is 0 Å². The zero-order valence-corrected chi connectivity index (χ0v) is 21.1. The van der Waals surface area contributed by atoms with Gasteiger partial charge in [0.15, 0.2) is 17.6 Å². The van der Waals surface area contributed by atoms with Crippen LogP contribution >= 0.6 is 11.6 Å². The number of carbonyl (C=O) groups is 2. The monoisotopic (exact) mass is 530 g/mol. The third-order valence-electron chi connectivity index (χ3n) is 5.62. The average Bonchev–Trinajstić information content (AvgIpc) is 3.37. The molecule has 0 fully saturated rings. The summed E-state index contributed by atoms with van der Waals surface area (Å²) in [6.07, 6.45) is 5.04. The number of halogens is 1. The van der Waals surface area contributed by atoms with Gasteiger partial charge in [0.1, 0.15) is 24.7 Å². The van der Waals surface area contributed by atoms with Gasteiger partial charge in [-0.3, -0.25) is 4.79 Å². The molecule has 1 aliphatic heterocycles. The summed E-state index contributed by atoms with van der Waals surface area (Å²) in [5.74, 6) is 0.402. The molecule has 0 radical (unpaired) electrons. The second kappa shape index (κ2) is 11.2. The van der Waals surface area contributed by atoms with Gasteiger partial charge in [0.25, 0.3) is 5.91 Å². The lowest BCUT2D eigenvalue weighted by Crippen LogP contribution is -2.29. The Kier molecular flexibility index (Phi) is 7.37. The fourth-order valence-corrected chi connectivity index (χ4v) is 3.85. The third-order valence-corrected chi connectivity index (χ3v) is 5.84. The number of esters is 1. The molecule has 1 amide bonds. The molecular formula is C28H23ClN4O5. The van der Waals surface area contributed by atoms with Gasteiger partial charge in [0, 0.05) is 29.6 Å². The Bertz CT molecular complexity index is 1490. The van der Waals surface area contributed by atoms with Crippen LogP contribution in [0.1, 0.15) is 12.5 Å². The maximum absolute atomic E-state index is 12.6. The van der Waals surface area contributed by atoms with Crippen LogP contribution in [0.4, 0.5) is 5.82 Å². The van der Waals surface area contributed by atoms with E-state index in [-0.39, 0.29) is 0 Å². The van der Waals surface area contributed by atoms with Crippen molar-refractivity contribution in [3.8, 4) is 28.4 Å². The highest BCUT2D eigenvalue weighted by Gasteiger charge is 2.19. The molecule has 1 unspecified atom stereocenters. The van der Waals surface area contributed by atoms with E-state index in [2.05, 4.69) is 10.3 Å². The minimum absolute atomic E-state index is 0.301. The van der Waals surface area contributed by atoms with Crippen LogP contribution in [0.5, 0.6) is 11.5 Å². The van der Waals surface area contributed by atoms with E-state index in [0.717, 1.165) is 11.3 Å². The third kappa shape index (κ3) is 5.84. The number of rotatable bonds is 7. The van der Waals surface area contributed by atoms with E-state index in [1.165, 1.54) is 19.2 Å². The molecule has 0 bridgehead atoms. The van der Waals surface area contributed by atoms with E-state index in [4.69, 9.17) is 30.9 Å². The number of fused-ring (bicyclic) bond motifs is 1. The van der Waals surface area contributed by atoms with E-state index >= 15 is 0 Å². The zero-order chi connectivity index (χ0) is 26.5. The number of aromatic nitrogens is 3. The molecule has 5 rings (SSSR count). The molecule has 2 aromatic carbocycles. The second-order valence-electron chi connectivity index (χ2n) is 8.33. The Morgan fingerprint density at radius 2 is 1.87 bits per heavy atom. The number of anilines is 1. The Hall–Kier alpha value is -4.63. The number of pyridine rings is 1. The van der Waals surface area contributed by atoms with Crippen LogP contribution in [0.15, 0.2) is 79.1 Å². The first-order valence-corrected chi connectivity index (χ1v) is 12.2. The van der Waals surface area contributed by atoms with Crippen LogP contribution < -0.4 is 14.8 Å². The number of amides is 1. The molecule has 1 aliphatic rings. The molecule has 0 aliphatic carbocycles. The number of ether oxygens (including phenoxy) is 3. The minimum Gasteiger partial charge on any atom is -0.486 e. The molecule has 0 saturated carbocycles. The number of para-hydroxylation sites is 1. The van der Waals surface area contributed by atoms with Crippen molar-refractivity contribution in [1.29, 1.82) is 0 Å². The Labute approximate surface area is 223 Å². The lowest BCUT2D eigenvalue weighted by Gasteiger charge is -2.18. The molecule has 0 saturated heterocycles. The summed E-state index contributed by atoms with van der Waals surface area (Å²) in [6.45, 7) is 2.44. The molecule has 3 heterocycles. The summed E-state index contributed by atoms with van der Waals surface area (Å²) in [5.41, 5.74) is 2.95. The van der Waals surface area contributed by atoms with Gasteiger partial charge in [0.05, 0.1) is 10.7 Å². The molecule has 2 aromatic heterocycles. The summed E-state index contributed by atoms with van der Waals surface area (Å²) in [5, 5.41) is 7.78. The number of hydrogen-bond donors (Lipinski definition) is 1. The van der Waals surface area contributed by atoms with E-state index < -0.39 is 18.0 Å². The lowest BCUT2D eigenvalue weighted by atomic mass is 10.1. The standard InChI is InChI=1S/C28H23ClN4O5/c1-18(28(35)31-25-11-9-21(29)16-30-25)38-26(34)12-8-20-17-33(22-5-3-2-4-6-22)32-27(20)19-7-10-23-24(15-19)37-14-13-36-23/h2-12,15-18H,13-14H2,1H3,(H,30,31,35)/b12-8+. The molecule has 1 atom stereocenters. The van der Waals surface area contributed by atoms with Crippen LogP contribution in [0.25, 0.3) is 23.0 Å². The van der Waals surface area contributed by atoms with E-state index in [1.54, 1.807) is 22.9 Å². The maximum Gasteiger partial charge on any atom is 0.331 e. The van der Waals surface area contributed by atoms with Crippen molar-refractivity contribution in [2.75, 3.05) is 18.5 Å². The van der Waals surface area contributed by atoms with Crippen molar-refractivity contribution in [2.24, 2.45) is 0 Å². The molecule has 192 valence electrons. The second-order valence-corrected chi connectivity index (χ2v) is 8.77. The van der Waals surface area contributed by atoms with E-state index in [0.29, 0.717) is 46.8 Å². The molecule has 10 heteroatoms. The topological polar surface area (TPSA) is 105 Å². The van der Waals surface area contributed by atoms with Gasteiger partial charge in [-0.05, 0) is 55.5 Å². The number of hydrogen-bond acceptors (Lipinski definition) is 7. The van der Waals surface area contributed by atoms with Gasteiger partial charge in [-0.15, -0.1) is 0 Å². The van der Waals surface area contributed by atoms with Gasteiger partial charge in [-0.1, -0.05) is 29.8 Å². The Morgan fingerprint density at radius 1 is 1.08 bits per heavy atom. The van der Waals surface area contributed by atoms with Gasteiger partial charge < -0.3 is 19.5 Å². The number of nitrogens with one attached hydrogen (secondary N) is 1. The Balaban J connectivity index is 1.35. The average molecular weight is 531 g/mol.